The zero-order chi connectivity index (χ0) is 15.3. The number of nitrogens with zero attached hydrogens (tertiary/aromatic N) is 1. The third-order valence-electron chi connectivity index (χ3n) is 2.55. The molecule has 1 rings (SSSR count). The van der Waals surface area contributed by atoms with Crippen molar-refractivity contribution in [1.82, 2.24) is 5.32 Å². The number of rotatable bonds is 6. The molecule has 1 unspecified atom stereocenters. The second-order valence-corrected chi connectivity index (χ2v) is 5.10. The second-order valence-electron chi connectivity index (χ2n) is 4.31. The quantitative estimate of drug-likeness (QED) is 0.607. The van der Waals surface area contributed by atoms with Crippen LogP contribution in [-0.2, 0) is 4.79 Å². The SMILES string of the molecule is CC(CNC(=O)c1cccc([N+](=O)[O-])c1Br)CC(=O)O. The van der Waals surface area contributed by atoms with Gasteiger partial charge in [0.1, 0.15) is 4.47 Å². The van der Waals surface area contributed by atoms with Gasteiger partial charge in [0, 0.05) is 19.0 Å². The first kappa shape index (κ1) is 16.1. The highest BCUT2D eigenvalue weighted by Gasteiger charge is 2.19. The van der Waals surface area contributed by atoms with Gasteiger partial charge < -0.3 is 10.4 Å². The fourth-order valence-corrected chi connectivity index (χ4v) is 2.16. The van der Waals surface area contributed by atoms with Crippen molar-refractivity contribution in [1.29, 1.82) is 0 Å². The van der Waals surface area contributed by atoms with Gasteiger partial charge in [-0.2, -0.15) is 0 Å². The van der Waals surface area contributed by atoms with Gasteiger partial charge in [0.05, 0.1) is 10.5 Å². The summed E-state index contributed by atoms with van der Waals surface area (Å²) in [5, 5.41) is 21.9. The van der Waals surface area contributed by atoms with Gasteiger partial charge in [0.25, 0.3) is 11.6 Å². The number of carboxylic acids is 1. The Kier molecular flexibility index (Phi) is 5.63. The molecule has 0 heterocycles. The van der Waals surface area contributed by atoms with Crippen LogP contribution in [0.15, 0.2) is 22.7 Å². The minimum absolute atomic E-state index is 0.0591. The van der Waals surface area contributed by atoms with E-state index in [4.69, 9.17) is 5.11 Å². The Morgan fingerprint density at radius 1 is 1.50 bits per heavy atom. The van der Waals surface area contributed by atoms with Gasteiger partial charge in [0.2, 0.25) is 0 Å². The van der Waals surface area contributed by atoms with Crippen molar-refractivity contribution in [3.05, 3.63) is 38.3 Å². The standard InChI is InChI=1S/C12H13BrN2O5/c1-7(5-10(16)17)6-14-12(18)8-3-2-4-9(11(8)13)15(19)20/h2-4,7H,5-6H2,1H3,(H,14,18)(H,16,17). The van der Waals surface area contributed by atoms with E-state index in [1.54, 1.807) is 6.92 Å². The zero-order valence-electron chi connectivity index (χ0n) is 10.6. The van der Waals surface area contributed by atoms with Crippen LogP contribution in [0.1, 0.15) is 23.7 Å². The van der Waals surface area contributed by atoms with Crippen LogP contribution in [0.4, 0.5) is 5.69 Å². The summed E-state index contributed by atoms with van der Waals surface area (Å²) in [5.41, 5.74) is -0.0574. The molecule has 0 aliphatic rings. The summed E-state index contributed by atoms with van der Waals surface area (Å²) >= 11 is 3.03. The van der Waals surface area contributed by atoms with Gasteiger partial charge in [-0.15, -0.1) is 0 Å². The van der Waals surface area contributed by atoms with E-state index >= 15 is 0 Å². The summed E-state index contributed by atoms with van der Waals surface area (Å²) in [6, 6.07) is 4.15. The molecule has 8 heteroatoms. The van der Waals surface area contributed by atoms with Gasteiger partial charge in [0.15, 0.2) is 0 Å². The van der Waals surface area contributed by atoms with Crippen LogP contribution in [0, 0.1) is 16.0 Å². The van der Waals surface area contributed by atoms with E-state index in [-0.39, 0.29) is 34.6 Å². The normalized spacial score (nSPS) is 11.7. The lowest BCUT2D eigenvalue weighted by atomic mass is 10.1. The molecule has 0 aromatic heterocycles. The first-order chi connectivity index (χ1) is 9.32. The number of carbonyl (C=O) groups excluding carboxylic acids is 1. The molecule has 0 aliphatic carbocycles. The van der Waals surface area contributed by atoms with E-state index < -0.39 is 16.8 Å². The third-order valence-corrected chi connectivity index (χ3v) is 3.39. The van der Waals surface area contributed by atoms with Crippen LogP contribution in [0.5, 0.6) is 0 Å². The van der Waals surface area contributed by atoms with Crippen molar-refractivity contribution in [2.24, 2.45) is 5.92 Å². The van der Waals surface area contributed by atoms with Gasteiger partial charge in [-0.05, 0) is 27.9 Å². The van der Waals surface area contributed by atoms with Crippen molar-refractivity contribution >= 4 is 33.5 Å². The molecule has 0 fully saturated rings. The highest BCUT2D eigenvalue weighted by atomic mass is 79.9. The lowest BCUT2D eigenvalue weighted by Crippen LogP contribution is -2.29. The Labute approximate surface area is 123 Å². The molecule has 0 spiro atoms. The molecule has 2 N–H and O–H groups in total. The van der Waals surface area contributed by atoms with Crippen molar-refractivity contribution in [2.75, 3.05) is 6.54 Å². The van der Waals surface area contributed by atoms with Crippen LogP contribution in [-0.4, -0.2) is 28.5 Å². The minimum Gasteiger partial charge on any atom is -0.481 e. The van der Waals surface area contributed by atoms with Crippen molar-refractivity contribution < 1.29 is 19.6 Å². The molecule has 1 aromatic carbocycles. The van der Waals surface area contributed by atoms with Crippen molar-refractivity contribution in [2.45, 2.75) is 13.3 Å². The average Bonchev–Trinajstić information content (AvgIpc) is 2.35. The Hall–Kier alpha value is -1.96. The number of carboxylic acid groups (broad SMARTS) is 1. The molecule has 1 aromatic rings. The number of nitrogens with one attached hydrogen (secondary N) is 1. The molecule has 0 saturated carbocycles. The summed E-state index contributed by atoms with van der Waals surface area (Å²) in [5.74, 6) is -1.66. The topological polar surface area (TPSA) is 110 Å². The second kappa shape index (κ2) is 6.99. The van der Waals surface area contributed by atoms with E-state index in [1.165, 1.54) is 18.2 Å². The summed E-state index contributed by atoms with van der Waals surface area (Å²) in [7, 11) is 0. The Morgan fingerprint density at radius 2 is 2.15 bits per heavy atom. The Bertz CT molecular complexity index is 547. The average molecular weight is 345 g/mol. The maximum atomic E-state index is 11.9. The smallest absolute Gasteiger partial charge is 0.303 e. The number of carbonyl (C=O) groups is 2. The van der Waals surface area contributed by atoms with Gasteiger partial charge >= 0.3 is 5.97 Å². The monoisotopic (exact) mass is 344 g/mol. The number of amides is 1. The van der Waals surface area contributed by atoms with Crippen molar-refractivity contribution in [3.8, 4) is 0 Å². The largest absolute Gasteiger partial charge is 0.481 e. The molecule has 7 nitrogen and oxygen atoms in total. The van der Waals surface area contributed by atoms with Crippen LogP contribution in [0.2, 0.25) is 0 Å². The molecule has 0 bridgehead atoms. The number of hydrogen-bond acceptors (Lipinski definition) is 4. The maximum Gasteiger partial charge on any atom is 0.303 e. The van der Waals surface area contributed by atoms with Crippen LogP contribution in [0.3, 0.4) is 0 Å². The van der Waals surface area contributed by atoms with Gasteiger partial charge in [-0.1, -0.05) is 13.0 Å². The Balaban J connectivity index is 2.76. The van der Waals surface area contributed by atoms with E-state index in [1.807, 2.05) is 0 Å². The first-order valence-corrected chi connectivity index (χ1v) is 6.55. The molecule has 1 atom stereocenters. The molecule has 20 heavy (non-hydrogen) atoms. The number of nitro benzene ring substituents is 1. The van der Waals surface area contributed by atoms with E-state index in [0.29, 0.717) is 0 Å². The molecule has 108 valence electrons. The van der Waals surface area contributed by atoms with Crippen molar-refractivity contribution in [3.63, 3.8) is 0 Å². The van der Waals surface area contributed by atoms with Crippen LogP contribution >= 0.6 is 15.9 Å². The predicted molar refractivity (Wildman–Crippen MR) is 74.5 cm³/mol. The maximum absolute atomic E-state index is 11.9. The highest BCUT2D eigenvalue weighted by Crippen LogP contribution is 2.28. The first-order valence-electron chi connectivity index (χ1n) is 5.75. The molecular formula is C12H13BrN2O5. The summed E-state index contributed by atoms with van der Waals surface area (Å²) in [6.45, 7) is 1.87. The zero-order valence-corrected chi connectivity index (χ0v) is 12.2. The summed E-state index contributed by atoms with van der Waals surface area (Å²) in [6.07, 6.45) is -0.0591. The third kappa shape index (κ3) is 4.30. The minimum atomic E-state index is -0.941. The predicted octanol–water partition coefficient (Wildman–Crippen LogP) is 2.20. The fraction of sp³-hybridized carbons (Fsp3) is 0.333. The summed E-state index contributed by atoms with van der Waals surface area (Å²) in [4.78, 5) is 32.6. The molecule has 0 saturated heterocycles. The molecule has 0 aliphatic heterocycles. The number of benzene rings is 1. The van der Waals surface area contributed by atoms with E-state index in [0.717, 1.165) is 0 Å². The van der Waals surface area contributed by atoms with E-state index in [2.05, 4.69) is 21.2 Å². The lowest BCUT2D eigenvalue weighted by molar-refractivity contribution is -0.385. The lowest BCUT2D eigenvalue weighted by Gasteiger charge is -2.11. The molecule has 1 amide bonds. The fourth-order valence-electron chi connectivity index (χ4n) is 1.57. The Morgan fingerprint density at radius 3 is 2.70 bits per heavy atom. The van der Waals surface area contributed by atoms with E-state index in [9.17, 15) is 19.7 Å². The summed E-state index contributed by atoms with van der Waals surface area (Å²) < 4.78 is 0.105. The van der Waals surface area contributed by atoms with Crippen LogP contribution in [0.25, 0.3) is 0 Å². The molecular weight excluding hydrogens is 332 g/mol. The molecule has 0 radical (unpaired) electrons. The highest BCUT2D eigenvalue weighted by molar-refractivity contribution is 9.10. The van der Waals surface area contributed by atoms with Gasteiger partial charge in [-0.3, -0.25) is 19.7 Å². The van der Waals surface area contributed by atoms with Crippen LogP contribution < -0.4 is 5.32 Å². The number of nitro groups is 1. The number of hydrogen-bond donors (Lipinski definition) is 2. The number of halogens is 1. The van der Waals surface area contributed by atoms with Gasteiger partial charge in [-0.25, -0.2) is 0 Å². The number of aliphatic carboxylic acids is 1.